The van der Waals surface area contributed by atoms with E-state index in [1.807, 2.05) is 0 Å². The third kappa shape index (κ3) is 2.38. The lowest BCUT2D eigenvalue weighted by atomic mass is 10.0. The van der Waals surface area contributed by atoms with Crippen LogP contribution in [0.25, 0.3) is 0 Å². The summed E-state index contributed by atoms with van der Waals surface area (Å²) in [6.07, 6.45) is 5.13. The van der Waals surface area contributed by atoms with Crippen LogP contribution in [0.2, 0.25) is 0 Å². The van der Waals surface area contributed by atoms with Crippen molar-refractivity contribution in [2.45, 2.75) is 33.1 Å². The molecule has 1 aliphatic carbocycles. The van der Waals surface area contributed by atoms with E-state index >= 15 is 0 Å². The van der Waals surface area contributed by atoms with Gasteiger partial charge in [0.1, 0.15) is 0 Å². The van der Waals surface area contributed by atoms with Gasteiger partial charge in [-0.05, 0) is 37.7 Å². The van der Waals surface area contributed by atoms with Crippen molar-refractivity contribution in [1.82, 2.24) is 4.98 Å². The van der Waals surface area contributed by atoms with Gasteiger partial charge in [0.05, 0.1) is 4.92 Å². The van der Waals surface area contributed by atoms with Crippen LogP contribution in [0.3, 0.4) is 0 Å². The molecule has 1 fully saturated rings. The van der Waals surface area contributed by atoms with Gasteiger partial charge in [0, 0.05) is 18.3 Å². The molecule has 17 heavy (non-hydrogen) atoms. The zero-order chi connectivity index (χ0) is 12.5. The Balaban J connectivity index is 2.15. The van der Waals surface area contributed by atoms with Gasteiger partial charge in [0.25, 0.3) is 0 Å². The third-order valence-electron chi connectivity index (χ3n) is 3.65. The topological polar surface area (TPSA) is 68.1 Å². The predicted octanol–water partition coefficient (Wildman–Crippen LogP) is 2.90. The smallest absolute Gasteiger partial charge is 0.314 e. The second-order valence-corrected chi connectivity index (χ2v) is 4.79. The van der Waals surface area contributed by atoms with Crippen LogP contribution in [0.1, 0.15) is 31.7 Å². The van der Waals surface area contributed by atoms with Gasteiger partial charge in [0.15, 0.2) is 0 Å². The highest BCUT2D eigenvalue weighted by Gasteiger charge is 2.40. The standard InChI is InChI=1S/C12H17N3O2/c1-3-12(5-6-12)8-14-11-10(15(16)17)9(2)4-7-13-11/h4,7H,3,5-6,8H2,1-2H3,(H,13,14). The molecule has 2 rings (SSSR count). The average Bonchev–Trinajstić information content (AvgIpc) is 3.06. The molecule has 1 aromatic rings. The fourth-order valence-corrected chi connectivity index (χ4v) is 2.01. The molecular formula is C12H17N3O2. The molecule has 0 aliphatic heterocycles. The monoisotopic (exact) mass is 235 g/mol. The Morgan fingerprint density at radius 3 is 2.82 bits per heavy atom. The van der Waals surface area contributed by atoms with Crippen molar-refractivity contribution in [3.8, 4) is 0 Å². The lowest BCUT2D eigenvalue weighted by Crippen LogP contribution is -2.16. The first kappa shape index (κ1) is 11.8. The predicted molar refractivity (Wildman–Crippen MR) is 66.1 cm³/mol. The van der Waals surface area contributed by atoms with E-state index in [4.69, 9.17) is 0 Å². The van der Waals surface area contributed by atoms with Crippen molar-refractivity contribution < 1.29 is 4.92 Å². The van der Waals surface area contributed by atoms with E-state index in [0.29, 0.717) is 16.8 Å². The summed E-state index contributed by atoms with van der Waals surface area (Å²) in [6.45, 7) is 4.67. The highest BCUT2D eigenvalue weighted by molar-refractivity contribution is 5.59. The van der Waals surface area contributed by atoms with Crippen LogP contribution in [0.15, 0.2) is 12.3 Å². The summed E-state index contributed by atoms with van der Waals surface area (Å²) in [7, 11) is 0. The number of hydrogen-bond acceptors (Lipinski definition) is 4. The molecule has 0 amide bonds. The molecule has 5 heteroatoms. The van der Waals surface area contributed by atoms with Gasteiger partial charge in [0.2, 0.25) is 5.82 Å². The van der Waals surface area contributed by atoms with Crippen molar-refractivity contribution >= 4 is 11.5 Å². The molecule has 0 atom stereocenters. The normalized spacial score (nSPS) is 16.6. The number of aromatic nitrogens is 1. The highest BCUT2D eigenvalue weighted by atomic mass is 16.6. The van der Waals surface area contributed by atoms with Gasteiger partial charge in [-0.15, -0.1) is 0 Å². The van der Waals surface area contributed by atoms with Crippen LogP contribution < -0.4 is 5.32 Å². The van der Waals surface area contributed by atoms with Crippen molar-refractivity contribution in [3.63, 3.8) is 0 Å². The van der Waals surface area contributed by atoms with E-state index in [0.717, 1.165) is 13.0 Å². The molecule has 1 aliphatic rings. The van der Waals surface area contributed by atoms with E-state index in [-0.39, 0.29) is 10.6 Å². The van der Waals surface area contributed by atoms with Crippen molar-refractivity contribution in [2.24, 2.45) is 5.41 Å². The zero-order valence-electron chi connectivity index (χ0n) is 10.2. The van der Waals surface area contributed by atoms with E-state index in [1.54, 1.807) is 19.2 Å². The van der Waals surface area contributed by atoms with Crippen molar-refractivity contribution in [1.29, 1.82) is 0 Å². The first-order valence-corrected chi connectivity index (χ1v) is 5.92. The lowest BCUT2D eigenvalue weighted by molar-refractivity contribution is -0.384. The largest absolute Gasteiger partial charge is 0.364 e. The number of aryl methyl sites for hydroxylation is 1. The summed E-state index contributed by atoms with van der Waals surface area (Å²) in [4.78, 5) is 14.7. The van der Waals surface area contributed by atoms with Crippen molar-refractivity contribution in [2.75, 3.05) is 11.9 Å². The van der Waals surface area contributed by atoms with Crippen LogP contribution in [0.5, 0.6) is 0 Å². The Kier molecular flexibility index (Phi) is 3.00. The van der Waals surface area contributed by atoms with Crippen LogP contribution in [0, 0.1) is 22.5 Å². The molecule has 1 saturated carbocycles. The Labute approximate surface area is 100 Å². The summed E-state index contributed by atoms with van der Waals surface area (Å²) in [5.74, 6) is 0.398. The maximum Gasteiger partial charge on any atom is 0.314 e. The maximum atomic E-state index is 11.0. The molecule has 0 spiro atoms. The molecule has 92 valence electrons. The molecule has 0 bridgehead atoms. The van der Waals surface area contributed by atoms with Crippen LogP contribution >= 0.6 is 0 Å². The molecule has 1 aromatic heterocycles. The number of anilines is 1. The lowest BCUT2D eigenvalue weighted by Gasteiger charge is -2.14. The van der Waals surface area contributed by atoms with Gasteiger partial charge < -0.3 is 5.32 Å². The Bertz CT molecular complexity index is 441. The minimum absolute atomic E-state index is 0.0967. The van der Waals surface area contributed by atoms with Gasteiger partial charge in [-0.1, -0.05) is 6.92 Å². The highest BCUT2D eigenvalue weighted by Crippen LogP contribution is 2.48. The summed E-state index contributed by atoms with van der Waals surface area (Å²) in [6, 6.07) is 1.66. The zero-order valence-corrected chi connectivity index (χ0v) is 10.2. The Morgan fingerprint density at radius 1 is 1.59 bits per heavy atom. The summed E-state index contributed by atoms with van der Waals surface area (Å²) in [5, 5.41) is 14.1. The number of nitro groups is 1. The Hall–Kier alpha value is -1.65. The van der Waals surface area contributed by atoms with Crippen LogP contribution in [-0.2, 0) is 0 Å². The molecule has 5 nitrogen and oxygen atoms in total. The second-order valence-electron chi connectivity index (χ2n) is 4.79. The number of hydrogen-bond donors (Lipinski definition) is 1. The average molecular weight is 235 g/mol. The minimum atomic E-state index is -0.365. The SMILES string of the molecule is CCC1(CNc2nccc(C)c2[N+](=O)[O-])CC1. The van der Waals surface area contributed by atoms with E-state index in [1.165, 1.54) is 12.8 Å². The third-order valence-corrected chi connectivity index (χ3v) is 3.65. The molecule has 0 unspecified atom stereocenters. The van der Waals surface area contributed by atoms with E-state index in [9.17, 15) is 10.1 Å². The fourth-order valence-electron chi connectivity index (χ4n) is 2.01. The minimum Gasteiger partial charge on any atom is -0.364 e. The first-order valence-electron chi connectivity index (χ1n) is 5.92. The van der Waals surface area contributed by atoms with Gasteiger partial charge in [-0.25, -0.2) is 4.98 Å². The van der Waals surface area contributed by atoms with Gasteiger partial charge in [-0.3, -0.25) is 10.1 Å². The fraction of sp³-hybridized carbons (Fsp3) is 0.583. The second kappa shape index (κ2) is 4.31. The number of nitrogens with one attached hydrogen (secondary N) is 1. The Morgan fingerprint density at radius 2 is 2.29 bits per heavy atom. The molecule has 1 N–H and O–H groups in total. The molecule has 0 saturated heterocycles. The number of rotatable bonds is 5. The van der Waals surface area contributed by atoms with Crippen LogP contribution in [0.4, 0.5) is 11.5 Å². The number of nitrogens with zero attached hydrogens (tertiary/aromatic N) is 2. The van der Waals surface area contributed by atoms with Gasteiger partial charge >= 0.3 is 5.69 Å². The summed E-state index contributed by atoms with van der Waals surface area (Å²) < 4.78 is 0. The van der Waals surface area contributed by atoms with Crippen LogP contribution in [-0.4, -0.2) is 16.5 Å². The summed E-state index contributed by atoms with van der Waals surface area (Å²) in [5.41, 5.74) is 1.09. The first-order chi connectivity index (χ1) is 8.08. The van der Waals surface area contributed by atoms with Crippen molar-refractivity contribution in [3.05, 3.63) is 27.9 Å². The number of pyridine rings is 1. The molecule has 0 radical (unpaired) electrons. The van der Waals surface area contributed by atoms with E-state index in [2.05, 4.69) is 17.2 Å². The molecular weight excluding hydrogens is 218 g/mol. The quantitative estimate of drug-likeness (QED) is 0.629. The molecule has 0 aromatic carbocycles. The van der Waals surface area contributed by atoms with E-state index < -0.39 is 0 Å². The summed E-state index contributed by atoms with van der Waals surface area (Å²) >= 11 is 0. The molecule has 1 heterocycles. The van der Waals surface area contributed by atoms with Gasteiger partial charge in [-0.2, -0.15) is 0 Å². The maximum absolute atomic E-state index is 11.0.